The molecule has 4 rings (SSSR count). The number of nitrogens with zero attached hydrogens (tertiary/aromatic N) is 1. The summed E-state index contributed by atoms with van der Waals surface area (Å²) in [6, 6.07) is 29.3. The normalized spacial score (nSPS) is 17.0. The fourth-order valence-corrected chi connectivity index (χ4v) is 2.95. The summed E-state index contributed by atoms with van der Waals surface area (Å²) in [5.41, 5.74) is 4.74. The van der Waals surface area contributed by atoms with E-state index in [1.54, 1.807) is 0 Å². The van der Waals surface area contributed by atoms with Crippen LogP contribution in [0.4, 0.5) is 0 Å². The summed E-state index contributed by atoms with van der Waals surface area (Å²) in [4.78, 5) is 4.60. The molecule has 0 saturated carbocycles. The molecule has 3 heteroatoms. The van der Waals surface area contributed by atoms with Crippen LogP contribution in [0, 0.1) is 0 Å². The first kappa shape index (κ1) is 14.7. The predicted octanol–water partition coefficient (Wildman–Crippen LogP) is 3.95. The van der Waals surface area contributed by atoms with Crippen molar-refractivity contribution in [3.8, 4) is 11.1 Å². The summed E-state index contributed by atoms with van der Waals surface area (Å²) in [6.07, 6.45) is 0.0825. The molecule has 1 aliphatic rings. The van der Waals surface area contributed by atoms with Crippen LogP contribution < -0.4 is 10.6 Å². The van der Waals surface area contributed by atoms with Gasteiger partial charge in [-0.15, -0.1) is 0 Å². The minimum absolute atomic E-state index is 0.0825. The Labute approximate surface area is 142 Å². The minimum atomic E-state index is 0.0825. The van der Waals surface area contributed by atoms with Crippen LogP contribution >= 0.6 is 0 Å². The number of benzene rings is 3. The van der Waals surface area contributed by atoms with E-state index in [1.165, 1.54) is 16.7 Å². The molecule has 3 aromatic carbocycles. The summed E-state index contributed by atoms with van der Waals surface area (Å²) in [6.45, 7) is 0.609. The molecule has 24 heavy (non-hydrogen) atoms. The molecule has 0 fully saturated rings. The van der Waals surface area contributed by atoms with E-state index in [4.69, 9.17) is 0 Å². The quantitative estimate of drug-likeness (QED) is 0.768. The molecule has 0 amide bonds. The first-order valence-corrected chi connectivity index (χ1v) is 8.15. The molecule has 1 atom stereocenters. The zero-order valence-electron chi connectivity index (χ0n) is 13.3. The monoisotopic (exact) mass is 313 g/mol. The average Bonchev–Trinajstić information content (AvgIpc) is 2.70. The number of aliphatic imine (C=N–C) groups is 1. The van der Waals surface area contributed by atoms with Gasteiger partial charge < -0.3 is 5.32 Å². The van der Waals surface area contributed by atoms with Crippen LogP contribution in [0.2, 0.25) is 0 Å². The molecule has 1 heterocycles. The van der Waals surface area contributed by atoms with Crippen molar-refractivity contribution in [3.05, 3.63) is 96.1 Å². The Bertz CT molecular complexity index is 841. The smallest absolute Gasteiger partial charge is 0.131 e. The van der Waals surface area contributed by atoms with E-state index in [2.05, 4.69) is 88.4 Å². The largest absolute Gasteiger partial charge is 0.350 e. The van der Waals surface area contributed by atoms with Crippen LogP contribution in [0.1, 0.15) is 17.3 Å². The molecule has 3 nitrogen and oxygen atoms in total. The van der Waals surface area contributed by atoms with Gasteiger partial charge in [0.05, 0.1) is 6.67 Å². The molecule has 0 saturated heterocycles. The Morgan fingerprint density at radius 2 is 1.38 bits per heavy atom. The van der Waals surface area contributed by atoms with E-state index in [1.807, 2.05) is 12.1 Å². The second-order valence-electron chi connectivity index (χ2n) is 5.80. The topological polar surface area (TPSA) is 36.4 Å². The highest BCUT2D eigenvalue weighted by Gasteiger charge is 2.17. The summed E-state index contributed by atoms with van der Waals surface area (Å²) < 4.78 is 0. The van der Waals surface area contributed by atoms with Gasteiger partial charge >= 0.3 is 0 Å². The van der Waals surface area contributed by atoms with Crippen LogP contribution in [0.3, 0.4) is 0 Å². The maximum atomic E-state index is 4.60. The average molecular weight is 313 g/mol. The van der Waals surface area contributed by atoms with Gasteiger partial charge in [-0.2, -0.15) is 0 Å². The summed E-state index contributed by atoms with van der Waals surface area (Å²) in [7, 11) is 0. The van der Waals surface area contributed by atoms with Crippen molar-refractivity contribution in [2.24, 2.45) is 4.99 Å². The first-order valence-electron chi connectivity index (χ1n) is 8.15. The maximum Gasteiger partial charge on any atom is 0.131 e. The van der Waals surface area contributed by atoms with E-state index < -0.39 is 0 Å². The number of rotatable bonds is 3. The SMILES string of the molecule is c1ccc(-c2cccc(C3=NCNC(c4ccccc4)N3)c2)cc1. The second kappa shape index (κ2) is 6.69. The van der Waals surface area contributed by atoms with Gasteiger partial charge in [0.1, 0.15) is 12.0 Å². The fourth-order valence-electron chi connectivity index (χ4n) is 2.95. The molecule has 0 bridgehead atoms. The number of amidine groups is 1. The van der Waals surface area contributed by atoms with E-state index in [-0.39, 0.29) is 6.17 Å². The first-order chi connectivity index (χ1) is 11.9. The molecule has 0 aromatic heterocycles. The molecule has 118 valence electrons. The van der Waals surface area contributed by atoms with Crippen molar-refractivity contribution >= 4 is 5.84 Å². The molecule has 1 unspecified atom stereocenters. The molecule has 1 aliphatic heterocycles. The van der Waals surface area contributed by atoms with E-state index in [0.717, 1.165) is 11.4 Å². The van der Waals surface area contributed by atoms with Crippen molar-refractivity contribution in [3.63, 3.8) is 0 Å². The number of nitrogens with one attached hydrogen (secondary N) is 2. The maximum absolute atomic E-state index is 4.60. The predicted molar refractivity (Wildman–Crippen MR) is 98.7 cm³/mol. The zero-order chi connectivity index (χ0) is 16.2. The van der Waals surface area contributed by atoms with E-state index in [0.29, 0.717) is 6.67 Å². The molecule has 2 N–H and O–H groups in total. The molecule has 0 aliphatic carbocycles. The van der Waals surface area contributed by atoms with Crippen molar-refractivity contribution in [2.45, 2.75) is 6.17 Å². The van der Waals surface area contributed by atoms with Crippen LogP contribution in [-0.2, 0) is 0 Å². The van der Waals surface area contributed by atoms with Crippen LogP contribution in [0.15, 0.2) is 89.9 Å². The van der Waals surface area contributed by atoms with Crippen molar-refractivity contribution in [2.75, 3.05) is 6.67 Å². The summed E-state index contributed by atoms with van der Waals surface area (Å²) in [5.74, 6) is 0.931. The molecule has 3 aromatic rings. The number of hydrogen-bond acceptors (Lipinski definition) is 3. The third-order valence-electron chi connectivity index (χ3n) is 4.19. The van der Waals surface area contributed by atoms with Gasteiger partial charge in [-0.05, 0) is 22.8 Å². The highest BCUT2D eigenvalue weighted by Crippen LogP contribution is 2.21. The Kier molecular flexibility index (Phi) is 4.09. The van der Waals surface area contributed by atoms with Gasteiger partial charge in [-0.3, -0.25) is 10.3 Å². The van der Waals surface area contributed by atoms with Crippen molar-refractivity contribution in [1.82, 2.24) is 10.6 Å². The molecular weight excluding hydrogens is 294 g/mol. The van der Waals surface area contributed by atoms with Crippen molar-refractivity contribution < 1.29 is 0 Å². The van der Waals surface area contributed by atoms with Gasteiger partial charge in [-0.25, -0.2) is 0 Å². The highest BCUT2D eigenvalue weighted by molar-refractivity contribution is 6.00. The Hall–Kier alpha value is -2.91. The van der Waals surface area contributed by atoms with Gasteiger partial charge in [0.2, 0.25) is 0 Å². The Morgan fingerprint density at radius 3 is 2.17 bits per heavy atom. The second-order valence-corrected chi connectivity index (χ2v) is 5.80. The lowest BCUT2D eigenvalue weighted by Crippen LogP contribution is -2.43. The van der Waals surface area contributed by atoms with Gasteiger partial charge in [0.25, 0.3) is 0 Å². The number of hydrogen-bond donors (Lipinski definition) is 2. The Morgan fingerprint density at radius 1 is 0.708 bits per heavy atom. The molecule has 0 spiro atoms. The van der Waals surface area contributed by atoms with E-state index >= 15 is 0 Å². The Balaban J connectivity index is 1.61. The van der Waals surface area contributed by atoms with Crippen LogP contribution in [0.5, 0.6) is 0 Å². The van der Waals surface area contributed by atoms with Gasteiger partial charge in [0, 0.05) is 5.56 Å². The highest BCUT2D eigenvalue weighted by atomic mass is 15.2. The summed E-state index contributed by atoms with van der Waals surface area (Å²) in [5, 5.41) is 6.89. The lowest BCUT2D eigenvalue weighted by molar-refractivity contribution is 0.492. The van der Waals surface area contributed by atoms with Crippen LogP contribution in [0.25, 0.3) is 11.1 Å². The third-order valence-corrected chi connectivity index (χ3v) is 4.19. The minimum Gasteiger partial charge on any atom is -0.350 e. The van der Waals surface area contributed by atoms with E-state index in [9.17, 15) is 0 Å². The van der Waals surface area contributed by atoms with Crippen LogP contribution in [-0.4, -0.2) is 12.5 Å². The zero-order valence-corrected chi connectivity index (χ0v) is 13.3. The lowest BCUT2D eigenvalue weighted by Gasteiger charge is -2.26. The van der Waals surface area contributed by atoms with Gasteiger partial charge in [0.15, 0.2) is 0 Å². The lowest BCUT2D eigenvalue weighted by atomic mass is 10.0. The van der Waals surface area contributed by atoms with Crippen molar-refractivity contribution in [1.29, 1.82) is 0 Å². The van der Waals surface area contributed by atoms with Gasteiger partial charge in [-0.1, -0.05) is 78.9 Å². The fraction of sp³-hybridized carbons (Fsp3) is 0.0952. The molecular formula is C21H19N3. The molecule has 0 radical (unpaired) electrons. The third kappa shape index (κ3) is 3.07. The standard InChI is InChI=1S/C21H19N3/c1-3-8-16(9-4-1)18-12-7-13-19(14-18)21-23-15-22-20(24-21)17-10-5-2-6-11-17/h1-14,20,22H,15H2,(H,23,24). The summed E-state index contributed by atoms with van der Waals surface area (Å²) >= 11 is 0.